The van der Waals surface area contributed by atoms with Gasteiger partial charge in [-0.1, -0.05) is 19.1 Å². The lowest BCUT2D eigenvalue weighted by molar-refractivity contribution is -0.138. The molecule has 1 heterocycles. The van der Waals surface area contributed by atoms with Crippen LogP contribution in [0.25, 0.3) is 0 Å². The van der Waals surface area contributed by atoms with Gasteiger partial charge in [0.2, 0.25) is 0 Å². The van der Waals surface area contributed by atoms with Crippen molar-refractivity contribution in [1.29, 1.82) is 0 Å². The highest BCUT2D eigenvalue weighted by atomic mass is 79.9. The average molecular weight is 496 g/mol. The second-order valence-corrected chi connectivity index (χ2v) is 8.72. The van der Waals surface area contributed by atoms with Crippen LogP contribution < -0.4 is 19.5 Å². The summed E-state index contributed by atoms with van der Waals surface area (Å²) in [6.45, 7) is 5.30. The predicted molar refractivity (Wildman–Crippen MR) is 122 cm³/mol. The highest BCUT2D eigenvalue weighted by Gasteiger charge is 2.31. The Labute approximate surface area is 189 Å². The molecule has 0 bridgehead atoms. The molecule has 2 aromatic carbocycles. The van der Waals surface area contributed by atoms with Gasteiger partial charge in [0.15, 0.2) is 11.5 Å². The van der Waals surface area contributed by atoms with Gasteiger partial charge in [0.25, 0.3) is 0 Å². The van der Waals surface area contributed by atoms with Gasteiger partial charge in [-0.2, -0.15) is 0 Å². The van der Waals surface area contributed by atoms with Crippen LogP contribution in [0.1, 0.15) is 30.3 Å². The largest absolute Gasteiger partial charge is 0.490 e. The van der Waals surface area contributed by atoms with Crippen LogP contribution in [0.15, 0.2) is 40.9 Å². The van der Waals surface area contributed by atoms with Gasteiger partial charge in [0, 0.05) is 5.75 Å². The molecule has 1 aliphatic rings. The van der Waals surface area contributed by atoms with Crippen molar-refractivity contribution in [3.63, 3.8) is 0 Å². The van der Waals surface area contributed by atoms with E-state index in [9.17, 15) is 9.90 Å². The van der Waals surface area contributed by atoms with Crippen molar-refractivity contribution in [2.75, 3.05) is 25.6 Å². The van der Waals surface area contributed by atoms with Crippen molar-refractivity contribution in [3.05, 3.63) is 52.0 Å². The number of nitrogens with one attached hydrogen (secondary N) is 1. The first kappa shape index (κ1) is 22.8. The number of benzene rings is 2. The molecule has 30 heavy (non-hydrogen) atoms. The average Bonchev–Trinajstić information content (AvgIpc) is 3.24. The molecule has 8 heteroatoms. The Bertz CT molecular complexity index is 861. The van der Waals surface area contributed by atoms with E-state index in [0.29, 0.717) is 37.1 Å². The topological polar surface area (TPSA) is 77.0 Å². The van der Waals surface area contributed by atoms with Crippen LogP contribution in [0.5, 0.6) is 17.2 Å². The number of rotatable bonds is 10. The molecule has 1 saturated heterocycles. The van der Waals surface area contributed by atoms with Crippen molar-refractivity contribution in [1.82, 2.24) is 5.32 Å². The van der Waals surface area contributed by atoms with Crippen molar-refractivity contribution in [2.24, 2.45) is 0 Å². The second kappa shape index (κ2) is 10.9. The number of ether oxygens (including phenoxy) is 3. The lowest BCUT2D eigenvalue weighted by Gasteiger charge is -2.18. The third-order valence-corrected chi connectivity index (χ3v) is 6.50. The number of thioether (sulfide) groups is 1. The zero-order chi connectivity index (χ0) is 21.5. The third kappa shape index (κ3) is 5.83. The van der Waals surface area contributed by atoms with E-state index < -0.39 is 12.0 Å². The Morgan fingerprint density at radius 3 is 2.53 bits per heavy atom. The Hall–Kier alpha value is -1.90. The Kier molecular flexibility index (Phi) is 8.30. The molecule has 0 amide bonds. The fraction of sp³-hybridized carbons (Fsp3) is 0.409. The summed E-state index contributed by atoms with van der Waals surface area (Å²) < 4.78 is 18.2. The maximum Gasteiger partial charge on any atom is 0.321 e. The normalized spacial score (nSPS) is 18.2. The minimum Gasteiger partial charge on any atom is -0.490 e. The van der Waals surface area contributed by atoms with E-state index in [1.807, 2.05) is 31.2 Å². The molecule has 1 fully saturated rings. The molecule has 2 aromatic rings. The fourth-order valence-electron chi connectivity index (χ4n) is 3.07. The number of carboxylic acids is 1. The smallest absolute Gasteiger partial charge is 0.321 e. The van der Waals surface area contributed by atoms with E-state index in [1.165, 1.54) is 5.56 Å². The summed E-state index contributed by atoms with van der Waals surface area (Å²) in [7, 11) is 0. The maximum absolute atomic E-state index is 11.2. The Morgan fingerprint density at radius 2 is 1.90 bits per heavy atom. The van der Waals surface area contributed by atoms with Crippen molar-refractivity contribution in [2.45, 2.75) is 31.7 Å². The van der Waals surface area contributed by atoms with E-state index in [-0.39, 0.29) is 5.37 Å². The van der Waals surface area contributed by atoms with Crippen LogP contribution in [-0.2, 0) is 11.2 Å². The highest BCUT2D eigenvalue weighted by Crippen LogP contribution is 2.42. The summed E-state index contributed by atoms with van der Waals surface area (Å²) in [5.41, 5.74) is 2.22. The number of aryl methyl sites for hydroxylation is 1. The van der Waals surface area contributed by atoms with Crippen molar-refractivity contribution in [3.8, 4) is 17.2 Å². The van der Waals surface area contributed by atoms with Gasteiger partial charge in [-0.15, -0.1) is 11.8 Å². The van der Waals surface area contributed by atoms with Gasteiger partial charge in [0.05, 0.1) is 16.5 Å². The number of carbonyl (C=O) groups is 1. The third-order valence-electron chi connectivity index (χ3n) is 4.64. The first-order valence-electron chi connectivity index (χ1n) is 9.93. The zero-order valence-electron chi connectivity index (χ0n) is 17.0. The van der Waals surface area contributed by atoms with Crippen LogP contribution in [-0.4, -0.2) is 42.7 Å². The minimum atomic E-state index is -0.835. The highest BCUT2D eigenvalue weighted by molar-refractivity contribution is 9.10. The summed E-state index contributed by atoms with van der Waals surface area (Å²) >= 11 is 5.14. The first-order valence-corrected chi connectivity index (χ1v) is 11.8. The molecule has 2 unspecified atom stereocenters. The summed E-state index contributed by atoms with van der Waals surface area (Å²) in [4.78, 5) is 11.2. The fourth-order valence-corrected chi connectivity index (χ4v) is 4.86. The van der Waals surface area contributed by atoms with Gasteiger partial charge in [0.1, 0.15) is 25.0 Å². The number of aliphatic carboxylic acids is 1. The van der Waals surface area contributed by atoms with Crippen LogP contribution >= 0.6 is 27.7 Å². The van der Waals surface area contributed by atoms with Gasteiger partial charge >= 0.3 is 5.97 Å². The first-order chi connectivity index (χ1) is 14.5. The number of hydrogen-bond acceptors (Lipinski definition) is 6. The number of carboxylic acid groups (broad SMARTS) is 1. The molecule has 0 aromatic heterocycles. The van der Waals surface area contributed by atoms with E-state index in [4.69, 9.17) is 14.2 Å². The monoisotopic (exact) mass is 495 g/mol. The molecule has 2 atom stereocenters. The van der Waals surface area contributed by atoms with E-state index in [1.54, 1.807) is 11.8 Å². The van der Waals surface area contributed by atoms with Crippen molar-refractivity contribution >= 4 is 33.7 Å². The quantitative estimate of drug-likeness (QED) is 0.464. The van der Waals surface area contributed by atoms with E-state index >= 15 is 0 Å². The van der Waals surface area contributed by atoms with E-state index in [2.05, 4.69) is 40.3 Å². The molecular weight excluding hydrogens is 470 g/mol. The lowest BCUT2D eigenvalue weighted by atomic mass is 10.2. The summed E-state index contributed by atoms with van der Waals surface area (Å²) in [6.07, 6.45) is 0.999. The SMILES string of the molecule is CCOc1cc(C2NC(C(=O)O)CS2)cc(Br)c1OCCOc1ccc(CC)cc1. The molecule has 0 radical (unpaired) electrons. The molecule has 2 N–H and O–H groups in total. The summed E-state index contributed by atoms with van der Waals surface area (Å²) in [5.74, 6) is 1.74. The number of halogens is 1. The minimum absolute atomic E-state index is 0.106. The van der Waals surface area contributed by atoms with Gasteiger partial charge in [-0.3, -0.25) is 10.1 Å². The van der Waals surface area contributed by atoms with Crippen LogP contribution in [0, 0.1) is 0 Å². The molecule has 3 rings (SSSR count). The van der Waals surface area contributed by atoms with Gasteiger partial charge in [-0.05, 0) is 64.7 Å². The number of hydrogen-bond donors (Lipinski definition) is 2. The standard InChI is InChI=1S/C22H26BrNO5S/c1-3-14-5-7-16(8-6-14)28-9-10-29-20-17(23)11-15(12-19(20)27-4-2)21-24-18(13-30-21)22(25)26/h5-8,11-12,18,21,24H,3-4,9-10,13H2,1-2H3,(H,25,26). The predicted octanol–water partition coefficient (Wildman–Crippen LogP) is 4.66. The zero-order valence-corrected chi connectivity index (χ0v) is 19.4. The van der Waals surface area contributed by atoms with Gasteiger partial charge in [-0.25, -0.2) is 0 Å². The van der Waals surface area contributed by atoms with Crippen LogP contribution in [0.2, 0.25) is 0 Å². The molecule has 0 spiro atoms. The van der Waals surface area contributed by atoms with Crippen LogP contribution in [0.3, 0.4) is 0 Å². The lowest BCUT2D eigenvalue weighted by Crippen LogP contribution is -2.33. The Morgan fingerprint density at radius 1 is 1.17 bits per heavy atom. The maximum atomic E-state index is 11.2. The Balaban J connectivity index is 1.62. The molecule has 0 saturated carbocycles. The van der Waals surface area contributed by atoms with Gasteiger partial charge < -0.3 is 19.3 Å². The molecule has 6 nitrogen and oxygen atoms in total. The summed E-state index contributed by atoms with van der Waals surface area (Å²) in [5, 5.41) is 12.2. The second-order valence-electron chi connectivity index (χ2n) is 6.73. The van der Waals surface area contributed by atoms with E-state index in [0.717, 1.165) is 22.2 Å². The molecule has 1 aliphatic heterocycles. The van der Waals surface area contributed by atoms with Crippen LogP contribution in [0.4, 0.5) is 0 Å². The summed E-state index contributed by atoms with van der Waals surface area (Å²) in [6, 6.07) is 11.3. The molecular formula is C22H26BrNO5S. The van der Waals surface area contributed by atoms with Crippen molar-refractivity contribution < 1.29 is 24.1 Å². The molecule has 162 valence electrons. The molecule has 0 aliphatic carbocycles.